The first-order valence-corrected chi connectivity index (χ1v) is 10.5. The van der Waals surface area contributed by atoms with Crippen LogP contribution in [-0.2, 0) is 16.1 Å². The van der Waals surface area contributed by atoms with Crippen LogP contribution in [0.1, 0.15) is 26.0 Å². The number of likely N-dealkylation sites (N-methyl/N-ethyl adjacent to an activating group) is 1. The topological polar surface area (TPSA) is 74.8 Å². The summed E-state index contributed by atoms with van der Waals surface area (Å²) in [5.74, 6) is 0.0776. The third kappa shape index (κ3) is 5.79. The van der Waals surface area contributed by atoms with Crippen molar-refractivity contribution in [2.45, 2.75) is 26.8 Å². The fraction of sp³-hybridized carbons (Fsp3) is 0.435. The lowest BCUT2D eigenvalue weighted by Gasteiger charge is -2.19. The van der Waals surface area contributed by atoms with E-state index in [1.165, 1.54) is 0 Å². The highest BCUT2D eigenvalue weighted by molar-refractivity contribution is 5.98. The lowest BCUT2D eigenvalue weighted by Crippen LogP contribution is -2.29. The molecule has 1 N–H and O–H groups in total. The van der Waals surface area contributed by atoms with E-state index in [2.05, 4.69) is 29.0 Å². The highest BCUT2D eigenvalue weighted by Gasteiger charge is 2.34. The van der Waals surface area contributed by atoms with Gasteiger partial charge < -0.3 is 19.9 Å². The average molecular weight is 411 g/mol. The summed E-state index contributed by atoms with van der Waals surface area (Å²) < 4.78 is 5.91. The molecular weight excluding hydrogens is 380 g/mol. The molecule has 1 aromatic carbocycles. The van der Waals surface area contributed by atoms with Crippen molar-refractivity contribution in [3.8, 4) is 5.75 Å². The Morgan fingerprint density at radius 3 is 2.70 bits per heavy atom. The summed E-state index contributed by atoms with van der Waals surface area (Å²) in [5, 5.41) is 2.95. The predicted octanol–water partition coefficient (Wildman–Crippen LogP) is 2.79. The van der Waals surface area contributed by atoms with E-state index in [0.29, 0.717) is 31.1 Å². The zero-order chi connectivity index (χ0) is 21.3. The first-order valence-electron chi connectivity index (χ1n) is 10.5. The first-order chi connectivity index (χ1) is 14.6. The molecule has 1 saturated heterocycles. The molecule has 3 rings (SSSR count). The molecule has 1 aliphatic heterocycles. The molecule has 7 heteroatoms. The summed E-state index contributed by atoms with van der Waals surface area (Å²) in [6.45, 7) is 8.39. The van der Waals surface area contributed by atoms with Crippen molar-refractivity contribution in [3.05, 3.63) is 54.4 Å². The molecule has 0 radical (unpaired) electrons. The highest BCUT2D eigenvalue weighted by atomic mass is 16.5. The summed E-state index contributed by atoms with van der Waals surface area (Å²) in [5.41, 5.74) is 1.46. The standard InChI is InChI=1S/C23H30N4O3/c1-3-26(4-2)13-14-30-21-11-6-5-10-20(21)25-23(29)18-15-22(28)27(16-18)17-19-9-7-8-12-24-19/h5-12,18H,3-4,13-17H2,1-2H3,(H,25,29). The van der Waals surface area contributed by atoms with Crippen LogP contribution in [0.3, 0.4) is 0 Å². The van der Waals surface area contributed by atoms with Gasteiger partial charge in [0, 0.05) is 25.7 Å². The van der Waals surface area contributed by atoms with Crippen molar-refractivity contribution in [3.63, 3.8) is 0 Å². The molecule has 2 aromatic rings. The number of para-hydroxylation sites is 2. The van der Waals surface area contributed by atoms with Crippen molar-refractivity contribution in [2.24, 2.45) is 5.92 Å². The number of pyridine rings is 1. The molecule has 1 unspecified atom stereocenters. The number of aromatic nitrogens is 1. The van der Waals surface area contributed by atoms with Gasteiger partial charge >= 0.3 is 0 Å². The van der Waals surface area contributed by atoms with Crippen LogP contribution >= 0.6 is 0 Å². The summed E-state index contributed by atoms with van der Waals surface area (Å²) >= 11 is 0. The minimum atomic E-state index is -0.384. The van der Waals surface area contributed by atoms with Crippen molar-refractivity contribution < 1.29 is 14.3 Å². The average Bonchev–Trinajstić information content (AvgIpc) is 3.13. The fourth-order valence-electron chi connectivity index (χ4n) is 3.54. The van der Waals surface area contributed by atoms with Crippen LogP contribution < -0.4 is 10.1 Å². The highest BCUT2D eigenvalue weighted by Crippen LogP contribution is 2.26. The maximum Gasteiger partial charge on any atom is 0.229 e. The van der Waals surface area contributed by atoms with E-state index in [9.17, 15) is 9.59 Å². The van der Waals surface area contributed by atoms with Gasteiger partial charge in [0.1, 0.15) is 12.4 Å². The van der Waals surface area contributed by atoms with Gasteiger partial charge in [-0.2, -0.15) is 0 Å². The van der Waals surface area contributed by atoms with Gasteiger partial charge in [-0.15, -0.1) is 0 Å². The van der Waals surface area contributed by atoms with Crippen LogP contribution in [0.5, 0.6) is 5.75 Å². The van der Waals surface area contributed by atoms with Gasteiger partial charge in [0.25, 0.3) is 0 Å². The van der Waals surface area contributed by atoms with E-state index >= 15 is 0 Å². The second-order valence-electron chi connectivity index (χ2n) is 7.36. The van der Waals surface area contributed by atoms with Gasteiger partial charge in [0.2, 0.25) is 11.8 Å². The van der Waals surface area contributed by atoms with Crippen LogP contribution in [0.2, 0.25) is 0 Å². The fourth-order valence-corrected chi connectivity index (χ4v) is 3.54. The minimum absolute atomic E-state index is 0.0236. The van der Waals surface area contributed by atoms with E-state index in [1.807, 2.05) is 42.5 Å². The molecule has 1 aliphatic rings. The molecule has 30 heavy (non-hydrogen) atoms. The van der Waals surface area contributed by atoms with Crippen molar-refractivity contribution in [1.29, 1.82) is 0 Å². The van der Waals surface area contributed by atoms with Gasteiger partial charge in [-0.25, -0.2) is 0 Å². The number of nitrogens with one attached hydrogen (secondary N) is 1. The van der Waals surface area contributed by atoms with Gasteiger partial charge in [0.05, 0.1) is 23.8 Å². The Balaban J connectivity index is 1.56. The number of nitrogens with zero attached hydrogens (tertiary/aromatic N) is 3. The molecular formula is C23H30N4O3. The van der Waals surface area contributed by atoms with Crippen molar-refractivity contribution in [1.82, 2.24) is 14.8 Å². The maximum atomic E-state index is 12.8. The SMILES string of the molecule is CCN(CC)CCOc1ccccc1NC(=O)C1CC(=O)N(Cc2ccccn2)C1. The van der Waals surface area contributed by atoms with Gasteiger partial charge in [-0.05, 0) is 37.4 Å². The van der Waals surface area contributed by atoms with E-state index in [1.54, 1.807) is 11.1 Å². The van der Waals surface area contributed by atoms with Gasteiger partial charge in [-0.3, -0.25) is 14.6 Å². The zero-order valence-electron chi connectivity index (χ0n) is 17.7. The lowest BCUT2D eigenvalue weighted by molar-refractivity contribution is -0.128. The Morgan fingerprint density at radius 2 is 1.97 bits per heavy atom. The van der Waals surface area contributed by atoms with E-state index in [0.717, 1.165) is 25.3 Å². The predicted molar refractivity (Wildman–Crippen MR) is 116 cm³/mol. The molecule has 1 fully saturated rings. The van der Waals surface area contributed by atoms with Crippen molar-refractivity contribution >= 4 is 17.5 Å². The van der Waals surface area contributed by atoms with E-state index in [4.69, 9.17) is 4.74 Å². The third-order valence-corrected chi connectivity index (χ3v) is 5.37. The number of likely N-dealkylation sites (tertiary alicyclic amines) is 1. The second-order valence-corrected chi connectivity index (χ2v) is 7.36. The number of amides is 2. The quantitative estimate of drug-likeness (QED) is 0.652. The van der Waals surface area contributed by atoms with Gasteiger partial charge in [-0.1, -0.05) is 32.0 Å². The summed E-state index contributed by atoms with van der Waals surface area (Å²) in [7, 11) is 0. The first kappa shape index (κ1) is 21.8. The molecule has 1 atom stereocenters. The number of rotatable bonds is 10. The van der Waals surface area contributed by atoms with Crippen molar-refractivity contribution in [2.75, 3.05) is 38.1 Å². The smallest absolute Gasteiger partial charge is 0.229 e. The largest absolute Gasteiger partial charge is 0.490 e. The molecule has 0 spiro atoms. The number of ether oxygens (including phenoxy) is 1. The maximum absolute atomic E-state index is 12.8. The Hall–Kier alpha value is -2.93. The number of hydrogen-bond acceptors (Lipinski definition) is 5. The number of carbonyl (C=O) groups excluding carboxylic acids is 2. The number of carbonyl (C=O) groups is 2. The monoisotopic (exact) mass is 410 g/mol. The van der Waals surface area contributed by atoms with Gasteiger partial charge in [0.15, 0.2) is 0 Å². The molecule has 1 aromatic heterocycles. The Bertz CT molecular complexity index is 839. The Kier molecular flexibility index (Phi) is 7.79. The zero-order valence-corrected chi connectivity index (χ0v) is 17.7. The summed E-state index contributed by atoms with van der Waals surface area (Å²) in [4.78, 5) is 33.4. The number of anilines is 1. The summed E-state index contributed by atoms with van der Waals surface area (Å²) in [6.07, 6.45) is 1.92. The molecule has 0 saturated carbocycles. The Labute approximate surface area is 178 Å². The molecule has 0 aliphatic carbocycles. The van der Waals surface area contributed by atoms with E-state index in [-0.39, 0.29) is 24.2 Å². The third-order valence-electron chi connectivity index (χ3n) is 5.37. The van der Waals surface area contributed by atoms with Crippen LogP contribution in [0, 0.1) is 5.92 Å². The Morgan fingerprint density at radius 1 is 1.20 bits per heavy atom. The number of hydrogen-bond donors (Lipinski definition) is 1. The molecule has 7 nitrogen and oxygen atoms in total. The molecule has 2 amide bonds. The van der Waals surface area contributed by atoms with Crippen LogP contribution in [0.15, 0.2) is 48.7 Å². The number of benzene rings is 1. The normalized spacial score (nSPS) is 16.2. The van der Waals surface area contributed by atoms with Crippen LogP contribution in [0.25, 0.3) is 0 Å². The molecule has 0 bridgehead atoms. The minimum Gasteiger partial charge on any atom is -0.490 e. The molecule has 2 heterocycles. The van der Waals surface area contributed by atoms with Crippen LogP contribution in [0.4, 0.5) is 5.69 Å². The lowest BCUT2D eigenvalue weighted by atomic mass is 10.1. The molecule has 160 valence electrons. The second kappa shape index (κ2) is 10.7. The van der Waals surface area contributed by atoms with E-state index < -0.39 is 0 Å². The van der Waals surface area contributed by atoms with Crippen LogP contribution in [-0.4, -0.2) is 59.4 Å². The summed E-state index contributed by atoms with van der Waals surface area (Å²) in [6, 6.07) is 13.0.